The largest absolute Gasteiger partial charge is 0.492 e. The van der Waals surface area contributed by atoms with Crippen molar-refractivity contribution in [2.24, 2.45) is 0 Å². The summed E-state index contributed by atoms with van der Waals surface area (Å²) in [7, 11) is 0. The highest BCUT2D eigenvalue weighted by Crippen LogP contribution is 2.27. The van der Waals surface area contributed by atoms with Gasteiger partial charge in [0.25, 0.3) is 0 Å². The molecule has 0 atom stereocenters. The van der Waals surface area contributed by atoms with E-state index in [1.165, 1.54) is 0 Å². The molecule has 0 saturated carbocycles. The summed E-state index contributed by atoms with van der Waals surface area (Å²) in [5, 5.41) is 0.886. The van der Waals surface area contributed by atoms with E-state index >= 15 is 0 Å². The molecular weight excluding hydrogens is 436 g/mol. The lowest BCUT2D eigenvalue weighted by molar-refractivity contribution is -0.187. The normalized spacial score (nSPS) is 15.3. The number of piperazine rings is 1. The molecule has 2 rings (SSSR count). The Kier molecular flexibility index (Phi) is 8.85. The third kappa shape index (κ3) is 7.91. The lowest BCUT2D eigenvalue weighted by Gasteiger charge is -2.34. The van der Waals surface area contributed by atoms with Crippen LogP contribution in [0, 0.1) is 0 Å². The first-order valence-electron chi connectivity index (χ1n) is 8.99. The Morgan fingerprint density at radius 1 is 1.07 bits per heavy atom. The van der Waals surface area contributed by atoms with Gasteiger partial charge in [0.05, 0.1) is 11.6 Å². The fourth-order valence-corrected chi connectivity index (χ4v) is 3.17. The van der Waals surface area contributed by atoms with Gasteiger partial charge in [-0.05, 0) is 24.6 Å². The lowest BCUT2D eigenvalue weighted by Crippen LogP contribution is -2.52. The molecule has 0 bridgehead atoms. The van der Waals surface area contributed by atoms with Crippen molar-refractivity contribution in [3.05, 3.63) is 28.2 Å². The van der Waals surface area contributed by atoms with E-state index in [0.29, 0.717) is 41.8 Å². The third-order valence-corrected chi connectivity index (χ3v) is 4.78. The van der Waals surface area contributed by atoms with Gasteiger partial charge in [-0.25, -0.2) is 0 Å². The number of ether oxygens (including phenoxy) is 2. The van der Waals surface area contributed by atoms with E-state index in [-0.39, 0.29) is 38.7 Å². The number of nitrogens with zero attached hydrogens (tertiary/aromatic N) is 2. The molecule has 1 saturated heterocycles. The van der Waals surface area contributed by atoms with Crippen LogP contribution < -0.4 is 4.74 Å². The predicted molar refractivity (Wildman–Crippen MR) is 101 cm³/mol. The number of benzene rings is 1. The number of carbonyl (C=O) groups is 2. The molecule has 0 unspecified atom stereocenters. The van der Waals surface area contributed by atoms with Gasteiger partial charge in [-0.1, -0.05) is 23.2 Å². The molecule has 11 heteroatoms. The lowest BCUT2D eigenvalue weighted by atomic mass is 10.3. The van der Waals surface area contributed by atoms with Gasteiger partial charge in [0.2, 0.25) is 0 Å². The van der Waals surface area contributed by atoms with Crippen LogP contribution in [0.25, 0.3) is 0 Å². The second kappa shape index (κ2) is 10.9. The molecule has 0 aromatic heterocycles. The molecule has 0 radical (unpaired) electrons. The van der Waals surface area contributed by atoms with Crippen LogP contribution in [0.3, 0.4) is 0 Å². The Morgan fingerprint density at radius 2 is 1.76 bits per heavy atom. The average Bonchev–Trinajstić information content (AvgIpc) is 2.66. The molecule has 162 valence electrons. The van der Waals surface area contributed by atoms with Crippen LogP contribution in [0.2, 0.25) is 10.0 Å². The van der Waals surface area contributed by atoms with E-state index in [9.17, 15) is 22.8 Å². The van der Waals surface area contributed by atoms with Crippen LogP contribution in [0.1, 0.15) is 12.8 Å². The number of rotatable bonds is 8. The van der Waals surface area contributed by atoms with Crippen molar-refractivity contribution in [1.29, 1.82) is 0 Å². The number of amides is 1. The smallest absolute Gasteiger partial charge is 0.471 e. The number of hydrogen-bond acceptors (Lipinski definition) is 5. The number of alkyl halides is 3. The van der Waals surface area contributed by atoms with Crippen LogP contribution in [0.5, 0.6) is 5.75 Å². The Bertz CT molecular complexity index is 711. The summed E-state index contributed by atoms with van der Waals surface area (Å²) in [6.45, 7) is 1.41. The third-order valence-electron chi connectivity index (χ3n) is 4.25. The van der Waals surface area contributed by atoms with Gasteiger partial charge in [-0.3, -0.25) is 14.5 Å². The van der Waals surface area contributed by atoms with Crippen LogP contribution in [-0.4, -0.2) is 73.8 Å². The second-order valence-corrected chi connectivity index (χ2v) is 7.22. The summed E-state index contributed by atoms with van der Waals surface area (Å²) in [6, 6.07) is 4.85. The quantitative estimate of drug-likeness (QED) is 0.443. The van der Waals surface area contributed by atoms with Gasteiger partial charge in [-0.2, -0.15) is 13.2 Å². The van der Waals surface area contributed by atoms with E-state index in [0.717, 1.165) is 4.90 Å². The maximum atomic E-state index is 12.4. The molecule has 1 amide bonds. The van der Waals surface area contributed by atoms with E-state index in [1.54, 1.807) is 18.2 Å². The van der Waals surface area contributed by atoms with Gasteiger partial charge >= 0.3 is 18.1 Å². The molecule has 1 fully saturated rings. The van der Waals surface area contributed by atoms with Crippen molar-refractivity contribution in [1.82, 2.24) is 9.80 Å². The van der Waals surface area contributed by atoms with Crippen LogP contribution >= 0.6 is 23.2 Å². The minimum Gasteiger partial charge on any atom is -0.492 e. The summed E-state index contributed by atoms with van der Waals surface area (Å²) < 4.78 is 47.8. The Labute approximate surface area is 176 Å². The van der Waals surface area contributed by atoms with Crippen molar-refractivity contribution in [3.8, 4) is 5.75 Å². The molecule has 0 spiro atoms. The van der Waals surface area contributed by atoms with Crippen molar-refractivity contribution in [2.45, 2.75) is 19.0 Å². The number of hydrogen-bond donors (Lipinski definition) is 0. The van der Waals surface area contributed by atoms with Crippen molar-refractivity contribution in [2.75, 3.05) is 45.9 Å². The van der Waals surface area contributed by atoms with E-state index < -0.39 is 12.1 Å². The van der Waals surface area contributed by atoms with E-state index in [1.807, 2.05) is 4.90 Å². The molecule has 1 aromatic rings. The number of halogens is 5. The Hall–Kier alpha value is -1.71. The van der Waals surface area contributed by atoms with Gasteiger partial charge in [0.15, 0.2) is 0 Å². The Morgan fingerprint density at radius 3 is 2.38 bits per heavy atom. The predicted octanol–water partition coefficient (Wildman–Crippen LogP) is 3.40. The zero-order valence-electron chi connectivity index (χ0n) is 15.5. The fraction of sp³-hybridized carbons (Fsp3) is 0.556. The topological polar surface area (TPSA) is 59.1 Å². The number of esters is 1. The zero-order chi connectivity index (χ0) is 21.4. The molecule has 6 nitrogen and oxygen atoms in total. The maximum Gasteiger partial charge on any atom is 0.471 e. The van der Waals surface area contributed by atoms with Gasteiger partial charge < -0.3 is 14.4 Å². The van der Waals surface area contributed by atoms with Crippen LogP contribution in [-0.2, 0) is 14.3 Å². The van der Waals surface area contributed by atoms with E-state index in [4.69, 9.17) is 32.7 Å². The summed E-state index contributed by atoms with van der Waals surface area (Å²) in [5.74, 6) is -1.72. The molecule has 1 aliphatic rings. The Balaban J connectivity index is 1.55. The van der Waals surface area contributed by atoms with Gasteiger partial charge in [-0.15, -0.1) is 0 Å². The van der Waals surface area contributed by atoms with E-state index in [2.05, 4.69) is 0 Å². The first-order valence-corrected chi connectivity index (χ1v) is 9.74. The first-order chi connectivity index (χ1) is 13.7. The molecule has 1 heterocycles. The van der Waals surface area contributed by atoms with Crippen LogP contribution in [0.4, 0.5) is 13.2 Å². The minimum atomic E-state index is -4.85. The molecule has 1 aliphatic heterocycles. The zero-order valence-corrected chi connectivity index (χ0v) is 17.0. The second-order valence-electron chi connectivity index (χ2n) is 6.38. The summed E-state index contributed by atoms with van der Waals surface area (Å²) in [6.07, 6.45) is -4.24. The monoisotopic (exact) mass is 456 g/mol. The summed E-state index contributed by atoms with van der Waals surface area (Å²) >= 11 is 11.8. The van der Waals surface area contributed by atoms with Crippen molar-refractivity contribution < 1.29 is 32.2 Å². The van der Waals surface area contributed by atoms with Gasteiger partial charge in [0.1, 0.15) is 12.4 Å². The standard InChI is InChI=1S/C18H21Cl2F3N2O4/c19-13-3-4-15(14(20)12-13)28-10-1-2-16(26)29-11-9-24-5-7-25(8-6-24)17(27)18(21,22)23/h3-4,12H,1-2,5-11H2. The van der Waals surface area contributed by atoms with Crippen molar-refractivity contribution >= 4 is 35.1 Å². The summed E-state index contributed by atoms with van der Waals surface area (Å²) in [4.78, 5) is 25.5. The molecule has 1 aromatic carbocycles. The SMILES string of the molecule is O=C(CCCOc1ccc(Cl)cc1Cl)OCCN1CCN(C(=O)C(F)(F)F)CC1. The van der Waals surface area contributed by atoms with Crippen molar-refractivity contribution in [3.63, 3.8) is 0 Å². The van der Waals surface area contributed by atoms with Crippen LogP contribution in [0.15, 0.2) is 18.2 Å². The summed E-state index contributed by atoms with van der Waals surface area (Å²) in [5.41, 5.74) is 0. The minimum absolute atomic E-state index is 0.00309. The fourth-order valence-electron chi connectivity index (χ4n) is 2.71. The maximum absolute atomic E-state index is 12.4. The average molecular weight is 457 g/mol. The van der Waals surface area contributed by atoms with Gasteiger partial charge in [0, 0.05) is 44.2 Å². The highest BCUT2D eigenvalue weighted by Gasteiger charge is 2.43. The number of carbonyl (C=O) groups excluding carboxylic acids is 2. The highest BCUT2D eigenvalue weighted by atomic mass is 35.5. The highest BCUT2D eigenvalue weighted by molar-refractivity contribution is 6.35. The molecule has 29 heavy (non-hydrogen) atoms. The molecule has 0 aliphatic carbocycles. The first kappa shape index (κ1) is 23.6. The molecular formula is C18H21Cl2F3N2O4. The molecule has 0 N–H and O–H groups in total.